The molecule has 1 heterocycles. The van der Waals surface area contributed by atoms with E-state index in [4.69, 9.17) is 23.2 Å². The predicted octanol–water partition coefficient (Wildman–Crippen LogP) is 3.39. The fourth-order valence-electron chi connectivity index (χ4n) is 3.45. The summed E-state index contributed by atoms with van der Waals surface area (Å²) in [6, 6.07) is 11.2. The van der Waals surface area contributed by atoms with Crippen LogP contribution in [0.3, 0.4) is 0 Å². The van der Waals surface area contributed by atoms with Crippen molar-refractivity contribution in [1.29, 1.82) is 0 Å². The molecule has 7 nitrogen and oxygen atoms in total. The van der Waals surface area contributed by atoms with Crippen LogP contribution in [0.15, 0.2) is 47.4 Å². The average Bonchev–Trinajstić information content (AvgIpc) is 2.74. The second kappa shape index (κ2) is 10.2. The molecule has 0 atom stereocenters. The number of amides is 1. The summed E-state index contributed by atoms with van der Waals surface area (Å²) < 4.78 is 26.5. The molecule has 1 fully saturated rings. The zero-order chi connectivity index (χ0) is 22.6. The van der Waals surface area contributed by atoms with Gasteiger partial charge in [-0.2, -0.15) is 4.31 Å². The normalized spacial score (nSPS) is 15.3. The summed E-state index contributed by atoms with van der Waals surface area (Å²) >= 11 is 12.0. The number of anilines is 2. The number of carbonyl (C=O) groups excluding carboxylic acids is 1. The highest BCUT2D eigenvalue weighted by atomic mass is 35.5. The fourth-order valence-corrected chi connectivity index (χ4v) is 4.88. The molecule has 1 saturated heterocycles. The van der Waals surface area contributed by atoms with Gasteiger partial charge in [-0.3, -0.25) is 4.79 Å². The van der Waals surface area contributed by atoms with Gasteiger partial charge in [-0.1, -0.05) is 30.1 Å². The van der Waals surface area contributed by atoms with E-state index in [9.17, 15) is 13.2 Å². The Morgan fingerprint density at radius 3 is 2.26 bits per heavy atom. The first-order valence-electron chi connectivity index (χ1n) is 9.99. The van der Waals surface area contributed by atoms with Gasteiger partial charge in [0, 0.05) is 43.3 Å². The van der Waals surface area contributed by atoms with E-state index in [2.05, 4.69) is 22.0 Å². The Morgan fingerprint density at radius 1 is 1.03 bits per heavy atom. The summed E-state index contributed by atoms with van der Waals surface area (Å²) in [4.78, 5) is 17.3. The molecule has 1 aliphatic rings. The van der Waals surface area contributed by atoms with Crippen LogP contribution in [-0.4, -0.2) is 69.8 Å². The topological polar surface area (TPSA) is 73.0 Å². The molecular formula is C21H26Cl2N4O3S. The van der Waals surface area contributed by atoms with Crippen LogP contribution in [-0.2, 0) is 14.8 Å². The molecule has 3 rings (SSSR count). The Balaban J connectivity index is 1.71. The molecule has 31 heavy (non-hydrogen) atoms. The van der Waals surface area contributed by atoms with Crippen LogP contribution in [0.2, 0.25) is 10.0 Å². The molecule has 2 aromatic rings. The fraction of sp³-hybridized carbons (Fsp3) is 0.381. The Bertz CT molecular complexity index is 1020. The third-order valence-electron chi connectivity index (χ3n) is 5.28. The first kappa shape index (κ1) is 23.8. The number of likely N-dealkylation sites (N-methyl/N-ethyl adjacent to an activating group) is 2. The van der Waals surface area contributed by atoms with E-state index < -0.39 is 15.9 Å². The summed E-state index contributed by atoms with van der Waals surface area (Å²) in [6.45, 7) is 6.36. The molecule has 0 aliphatic carbocycles. The zero-order valence-corrected chi connectivity index (χ0v) is 19.8. The van der Waals surface area contributed by atoms with Crippen molar-refractivity contribution in [2.24, 2.45) is 0 Å². The Hall–Kier alpha value is -1.84. The third kappa shape index (κ3) is 5.90. The first-order valence-corrected chi connectivity index (χ1v) is 12.2. The van der Waals surface area contributed by atoms with Gasteiger partial charge in [0.25, 0.3) is 0 Å². The second-order valence-electron chi connectivity index (χ2n) is 7.35. The summed E-state index contributed by atoms with van der Waals surface area (Å²) in [6.07, 6.45) is 0. The lowest BCUT2D eigenvalue weighted by Crippen LogP contribution is -2.46. The molecule has 1 amide bonds. The number of rotatable bonds is 7. The van der Waals surface area contributed by atoms with Crippen LogP contribution in [0.5, 0.6) is 0 Å². The second-order valence-corrected chi connectivity index (χ2v) is 10.3. The molecular weight excluding hydrogens is 459 g/mol. The highest BCUT2D eigenvalue weighted by Gasteiger charge is 2.24. The van der Waals surface area contributed by atoms with Crippen molar-refractivity contribution < 1.29 is 13.2 Å². The summed E-state index contributed by atoms with van der Waals surface area (Å²) in [5, 5.41) is 3.76. The van der Waals surface area contributed by atoms with E-state index in [1.165, 1.54) is 31.3 Å². The lowest BCUT2D eigenvalue weighted by atomic mass is 10.2. The minimum absolute atomic E-state index is 0.0736. The molecule has 0 saturated carbocycles. The van der Waals surface area contributed by atoms with Crippen molar-refractivity contribution >= 4 is 50.5 Å². The van der Waals surface area contributed by atoms with Gasteiger partial charge in [0.2, 0.25) is 15.9 Å². The van der Waals surface area contributed by atoms with Crippen molar-refractivity contribution in [2.75, 3.05) is 56.5 Å². The molecule has 1 aliphatic heterocycles. The van der Waals surface area contributed by atoms with Gasteiger partial charge < -0.3 is 15.1 Å². The quantitative estimate of drug-likeness (QED) is 0.651. The maximum Gasteiger partial charge on any atom is 0.243 e. The number of hydrogen-bond donors (Lipinski definition) is 1. The number of nitrogens with one attached hydrogen (secondary N) is 1. The summed E-state index contributed by atoms with van der Waals surface area (Å²) in [5.74, 6) is -0.448. The van der Waals surface area contributed by atoms with E-state index in [1.54, 1.807) is 12.1 Å². The molecule has 0 unspecified atom stereocenters. The van der Waals surface area contributed by atoms with Crippen LogP contribution in [0, 0.1) is 0 Å². The summed E-state index contributed by atoms with van der Waals surface area (Å²) in [5.41, 5.74) is 1.44. The molecule has 168 valence electrons. The zero-order valence-electron chi connectivity index (χ0n) is 17.5. The number of carbonyl (C=O) groups is 1. The maximum absolute atomic E-state index is 12.7. The van der Waals surface area contributed by atoms with Crippen molar-refractivity contribution in [3.63, 3.8) is 0 Å². The maximum atomic E-state index is 12.7. The number of hydrogen-bond acceptors (Lipinski definition) is 5. The average molecular weight is 485 g/mol. The molecule has 1 N–H and O–H groups in total. The predicted molar refractivity (Wildman–Crippen MR) is 126 cm³/mol. The minimum atomic E-state index is -3.82. The molecule has 2 aromatic carbocycles. The van der Waals surface area contributed by atoms with Gasteiger partial charge in [-0.15, -0.1) is 0 Å². The van der Waals surface area contributed by atoms with E-state index in [1.807, 2.05) is 6.07 Å². The number of benzene rings is 2. The minimum Gasteiger partial charge on any atom is -0.367 e. The Morgan fingerprint density at radius 2 is 1.65 bits per heavy atom. The smallest absolute Gasteiger partial charge is 0.243 e. The first-order chi connectivity index (χ1) is 14.7. The lowest BCUT2D eigenvalue weighted by molar-refractivity contribution is -0.116. The van der Waals surface area contributed by atoms with Crippen LogP contribution in [0.4, 0.5) is 11.4 Å². The van der Waals surface area contributed by atoms with Crippen molar-refractivity contribution in [1.82, 2.24) is 9.21 Å². The Labute approximate surface area is 193 Å². The summed E-state index contributed by atoms with van der Waals surface area (Å²) in [7, 11) is -2.45. The van der Waals surface area contributed by atoms with Gasteiger partial charge >= 0.3 is 0 Å². The molecule has 10 heteroatoms. The van der Waals surface area contributed by atoms with E-state index in [-0.39, 0.29) is 11.4 Å². The van der Waals surface area contributed by atoms with E-state index in [0.717, 1.165) is 42.7 Å². The van der Waals surface area contributed by atoms with Gasteiger partial charge in [0.1, 0.15) is 0 Å². The highest BCUT2D eigenvalue weighted by molar-refractivity contribution is 7.89. The monoisotopic (exact) mass is 484 g/mol. The van der Waals surface area contributed by atoms with Gasteiger partial charge in [0.05, 0.1) is 22.8 Å². The highest BCUT2D eigenvalue weighted by Crippen LogP contribution is 2.30. The van der Waals surface area contributed by atoms with Crippen LogP contribution < -0.4 is 10.2 Å². The van der Waals surface area contributed by atoms with Gasteiger partial charge in [-0.05, 0) is 49.0 Å². The molecule has 0 radical (unpaired) electrons. The Kier molecular flexibility index (Phi) is 7.82. The number of halogens is 2. The van der Waals surface area contributed by atoms with Crippen LogP contribution in [0.1, 0.15) is 6.92 Å². The number of nitrogens with zero attached hydrogens (tertiary/aromatic N) is 3. The van der Waals surface area contributed by atoms with Crippen molar-refractivity contribution in [3.05, 3.63) is 52.5 Å². The largest absolute Gasteiger partial charge is 0.367 e. The SMILES string of the molecule is CCN1CCN(c2ccc(Cl)cc2NC(=O)CN(C)S(=O)(=O)c2ccc(Cl)cc2)CC1. The standard InChI is InChI=1S/C21H26Cl2N4O3S/c1-3-26-10-12-27(13-11-26)20-9-6-17(23)14-19(20)24-21(28)15-25(2)31(29,30)18-7-4-16(22)5-8-18/h4-9,14H,3,10-13,15H2,1-2H3,(H,24,28). The van der Waals surface area contributed by atoms with E-state index >= 15 is 0 Å². The molecule has 0 aromatic heterocycles. The lowest BCUT2D eigenvalue weighted by Gasteiger charge is -2.36. The molecule has 0 bridgehead atoms. The third-order valence-corrected chi connectivity index (χ3v) is 7.59. The van der Waals surface area contributed by atoms with Gasteiger partial charge in [0.15, 0.2) is 0 Å². The number of piperazine rings is 1. The van der Waals surface area contributed by atoms with Gasteiger partial charge in [-0.25, -0.2) is 8.42 Å². The van der Waals surface area contributed by atoms with Crippen LogP contribution >= 0.6 is 23.2 Å². The van der Waals surface area contributed by atoms with Crippen molar-refractivity contribution in [3.8, 4) is 0 Å². The van der Waals surface area contributed by atoms with E-state index in [0.29, 0.717) is 15.7 Å². The van der Waals surface area contributed by atoms with Crippen LogP contribution in [0.25, 0.3) is 0 Å². The van der Waals surface area contributed by atoms with Crippen molar-refractivity contribution in [2.45, 2.75) is 11.8 Å². The molecule has 0 spiro atoms. The number of sulfonamides is 1.